The molecule has 1 N–H and O–H groups in total. The molecule has 1 aliphatic rings. The van der Waals surface area contributed by atoms with Gasteiger partial charge in [-0.25, -0.2) is 4.79 Å². The van der Waals surface area contributed by atoms with Gasteiger partial charge in [0.2, 0.25) is 0 Å². The fraction of sp³-hybridized carbons (Fsp3) is 0.714. The molecule has 0 spiro atoms. The molecule has 10 heavy (non-hydrogen) atoms. The predicted octanol–water partition coefficient (Wildman–Crippen LogP) is 1.08. The quantitative estimate of drug-likeness (QED) is 0.594. The van der Waals surface area contributed by atoms with E-state index in [4.69, 9.17) is 5.11 Å². The van der Waals surface area contributed by atoms with Crippen LogP contribution in [0, 0.1) is 0 Å². The van der Waals surface area contributed by atoms with E-state index in [0.717, 1.165) is 12.1 Å². The van der Waals surface area contributed by atoms with Crippen molar-refractivity contribution in [3.63, 3.8) is 0 Å². The van der Waals surface area contributed by atoms with Crippen molar-refractivity contribution >= 4 is 11.7 Å². The van der Waals surface area contributed by atoms with E-state index in [1.807, 2.05) is 6.92 Å². The van der Waals surface area contributed by atoms with E-state index in [-0.39, 0.29) is 0 Å². The van der Waals surface area contributed by atoms with E-state index >= 15 is 0 Å². The van der Waals surface area contributed by atoms with E-state index < -0.39 is 11.5 Å². The Kier molecular flexibility index (Phi) is 1.50. The zero-order valence-corrected chi connectivity index (χ0v) is 6.22. The van der Waals surface area contributed by atoms with Gasteiger partial charge in [0.1, 0.15) is 0 Å². The third-order valence-electron chi connectivity index (χ3n) is 1.87. The molecule has 1 aliphatic heterocycles. The van der Waals surface area contributed by atoms with Crippen LogP contribution in [0.2, 0.25) is 0 Å². The van der Waals surface area contributed by atoms with Crippen LogP contribution in [0.25, 0.3) is 0 Å². The number of carboxylic acids is 1. The van der Waals surface area contributed by atoms with Gasteiger partial charge in [0.15, 0.2) is 5.54 Å². The maximum Gasteiger partial charge on any atom is 0.331 e. The lowest BCUT2D eigenvalue weighted by Gasteiger charge is -2.12. The molecule has 0 aromatic carbocycles. The summed E-state index contributed by atoms with van der Waals surface area (Å²) in [7, 11) is 0. The second-order valence-corrected chi connectivity index (χ2v) is 2.93. The number of hydrogen-bond donors (Lipinski definition) is 1. The second kappa shape index (κ2) is 2.08. The number of aliphatic carboxylic acids is 1. The van der Waals surface area contributed by atoms with Crippen LogP contribution in [0.5, 0.6) is 0 Å². The van der Waals surface area contributed by atoms with Crippen LogP contribution in [0.4, 0.5) is 0 Å². The van der Waals surface area contributed by atoms with Crippen molar-refractivity contribution in [1.82, 2.24) is 0 Å². The highest BCUT2D eigenvalue weighted by molar-refractivity contribution is 5.91. The average Bonchev–Trinajstić information content (AvgIpc) is 2.13. The minimum Gasteiger partial charge on any atom is -0.479 e. The molecular formula is C7H11NO2. The standard InChI is InChI=1S/C7H11NO2/c1-5-3-4-7(2,8-5)6(9)10/h3-4H2,1-2H3,(H,9,10). The Morgan fingerprint density at radius 1 is 1.80 bits per heavy atom. The molecule has 1 unspecified atom stereocenters. The molecule has 0 saturated heterocycles. The Morgan fingerprint density at radius 2 is 2.40 bits per heavy atom. The second-order valence-electron chi connectivity index (χ2n) is 2.93. The summed E-state index contributed by atoms with van der Waals surface area (Å²) < 4.78 is 0. The van der Waals surface area contributed by atoms with Gasteiger partial charge in [-0.2, -0.15) is 0 Å². The van der Waals surface area contributed by atoms with E-state index in [0.29, 0.717) is 6.42 Å². The first kappa shape index (κ1) is 7.25. The zero-order chi connectivity index (χ0) is 7.78. The van der Waals surface area contributed by atoms with Crippen LogP contribution >= 0.6 is 0 Å². The summed E-state index contributed by atoms with van der Waals surface area (Å²) >= 11 is 0. The van der Waals surface area contributed by atoms with Gasteiger partial charge in [-0.15, -0.1) is 0 Å². The van der Waals surface area contributed by atoms with Gasteiger partial charge in [0.25, 0.3) is 0 Å². The summed E-state index contributed by atoms with van der Waals surface area (Å²) in [5.74, 6) is -0.815. The Labute approximate surface area is 59.8 Å². The number of nitrogens with zero attached hydrogens (tertiary/aromatic N) is 1. The minimum absolute atomic E-state index is 0.647. The lowest BCUT2D eigenvalue weighted by Crippen LogP contribution is -2.29. The lowest BCUT2D eigenvalue weighted by molar-refractivity contribution is -0.142. The molecule has 0 bridgehead atoms. The first-order chi connectivity index (χ1) is 4.54. The van der Waals surface area contributed by atoms with Gasteiger partial charge < -0.3 is 5.11 Å². The van der Waals surface area contributed by atoms with Crippen molar-refractivity contribution in [1.29, 1.82) is 0 Å². The highest BCUT2D eigenvalue weighted by atomic mass is 16.4. The molecule has 0 aromatic rings. The zero-order valence-electron chi connectivity index (χ0n) is 6.22. The van der Waals surface area contributed by atoms with Gasteiger partial charge in [-0.05, 0) is 26.7 Å². The van der Waals surface area contributed by atoms with Crippen LogP contribution in [0.1, 0.15) is 26.7 Å². The van der Waals surface area contributed by atoms with Crippen molar-refractivity contribution in [3.8, 4) is 0 Å². The third-order valence-corrected chi connectivity index (χ3v) is 1.87. The first-order valence-corrected chi connectivity index (χ1v) is 3.33. The maximum atomic E-state index is 10.6. The monoisotopic (exact) mass is 141 g/mol. The highest BCUT2D eigenvalue weighted by Crippen LogP contribution is 2.25. The fourth-order valence-electron chi connectivity index (χ4n) is 1.11. The Morgan fingerprint density at radius 3 is 2.60 bits per heavy atom. The number of aliphatic imine (C=N–C) groups is 1. The molecule has 3 heteroatoms. The van der Waals surface area contributed by atoms with Gasteiger partial charge in [0.05, 0.1) is 0 Å². The van der Waals surface area contributed by atoms with Crippen LogP contribution in [0.3, 0.4) is 0 Å². The van der Waals surface area contributed by atoms with Crippen molar-refractivity contribution in [2.45, 2.75) is 32.2 Å². The SMILES string of the molecule is CC1=NC(C)(C(=O)O)CC1. The average molecular weight is 141 g/mol. The summed E-state index contributed by atoms with van der Waals surface area (Å²) in [6, 6.07) is 0. The van der Waals surface area contributed by atoms with Gasteiger partial charge in [-0.1, -0.05) is 0 Å². The molecule has 3 nitrogen and oxygen atoms in total. The molecule has 0 saturated carbocycles. The van der Waals surface area contributed by atoms with Crippen LogP contribution in [0.15, 0.2) is 4.99 Å². The molecule has 56 valence electrons. The molecule has 1 heterocycles. The summed E-state index contributed by atoms with van der Waals surface area (Å²) in [4.78, 5) is 14.6. The van der Waals surface area contributed by atoms with E-state index in [1.165, 1.54) is 0 Å². The summed E-state index contributed by atoms with van der Waals surface area (Å²) in [5, 5.41) is 8.68. The molecule has 0 fully saturated rings. The molecule has 1 atom stereocenters. The Bertz CT molecular complexity index is 198. The number of rotatable bonds is 1. The van der Waals surface area contributed by atoms with Crippen LogP contribution in [-0.4, -0.2) is 22.3 Å². The number of carbonyl (C=O) groups is 1. The molecule has 0 amide bonds. The first-order valence-electron chi connectivity index (χ1n) is 3.33. The van der Waals surface area contributed by atoms with Crippen LogP contribution < -0.4 is 0 Å². The molecular weight excluding hydrogens is 130 g/mol. The molecule has 0 radical (unpaired) electrons. The topological polar surface area (TPSA) is 49.7 Å². The molecule has 1 rings (SSSR count). The van der Waals surface area contributed by atoms with Crippen LogP contribution in [-0.2, 0) is 4.79 Å². The van der Waals surface area contributed by atoms with Gasteiger partial charge >= 0.3 is 5.97 Å². The third kappa shape index (κ3) is 1.03. The number of carboxylic acid groups (broad SMARTS) is 1. The van der Waals surface area contributed by atoms with E-state index in [9.17, 15) is 4.79 Å². The summed E-state index contributed by atoms with van der Waals surface area (Å²) in [6.45, 7) is 3.53. The highest BCUT2D eigenvalue weighted by Gasteiger charge is 2.35. The summed E-state index contributed by atoms with van der Waals surface area (Å²) in [5.41, 5.74) is 0.120. The predicted molar refractivity (Wildman–Crippen MR) is 38.4 cm³/mol. The molecule has 0 aliphatic carbocycles. The van der Waals surface area contributed by atoms with Gasteiger partial charge in [0, 0.05) is 5.71 Å². The minimum atomic E-state index is -0.829. The van der Waals surface area contributed by atoms with Crippen molar-refractivity contribution in [3.05, 3.63) is 0 Å². The van der Waals surface area contributed by atoms with Gasteiger partial charge in [-0.3, -0.25) is 4.99 Å². The number of hydrogen-bond acceptors (Lipinski definition) is 2. The smallest absolute Gasteiger partial charge is 0.331 e. The van der Waals surface area contributed by atoms with Crippen molar-refractivity contribution in [2.24, 2.45) is 4.99 Å². The molecule has 0 aromatic heterocycles. The Balaban J connectivity index is 2.82. The van der Waals surface area contributed by atoms with E-state index in [2.05, 4.69) is 4.99 Å². The lowest BCUT2D eigenvalue weighted by atomic mass is 10.0. The summed E-state index contributed by atoms with van der Waals surface area (Å²) in [6.07, 6.45) is 1.47. The van der Waals surface area contributed by atoms with Crippen molar-refractivity contribution in [2.75, 3.05) is 0 Å². The Hall–Kier alpha value is -0.860. The fourth-order valence-corrected chi connectivity index (χ4v) is 1.11. The maximum absolute atomic E-state index is 10.6. The largest absolute Gasteiger partial charge is 0.479 e. The van der Waals surface area contributed by atoms with E-state index in [1.54, 1.807) is 6.92 Å². The normalized spacial score (nSPS) is 32.0. The van der Waals surface area contributed by atoms with Crippen molar-refractivity contribution < 1.29 is 9.90 Å².